The molecule has 0 unspecified atom stereocenters. The maximum absolute atomic E-state index is 11.5. The normalized spacial score (nSPS) is 10.4. The van der Waals surface area contributed by atoms with Gasteiger partial charge in [-0.05, 0) is 6.07 Å². The Morgan fingerprint density at radius 3 is 2.62 bits per heavy atom. The van der Waals surface area contributed by atoms with Crippen LogP contribution in [0.1, 0.15) is 6.55 Å². The smallest absolute Gasteiger partial charge is 0.211 e. The van der Waals surface area contributed by atoms with Crippen LogP contribution in [0.15, 0.2) is 12.3 Å². The Morgan fingerprint density at radius 1 is 1.62 bits per heavy atom. The van der Waals surface area contributed by atoms with E-state index >= 15 is 0 Å². The first-order valence-electron chi connectivity index (χ1n) is 2.00. The van der Waals surface area contributed by atoms with Gasteiger partial charge < -0.3 is 0 Å². The van der Waals surface area contributed by atoms with Gasteiger partial charge in [-0.2, -0.15) is 13.9 Å². The molecule has 0 bridgehead atoms. The predicted octanol–water partition coefficient (Wildman–Crippen LogP) is 1.08. The molecular formula is C4H3F2N2. The van der Waals surface area contributed by atoms with Crippen LogP contribution in [0.5, 0.6) is 0 Å². The number of halogens is 2. The van der Waals surface area contributed by atoms with E-state index in [-0.39, 0.29) is 0 Å². The maximum Gasteiger partial charge on any atom is 0.333 e. The lowest BCUT2D eigenvalue weighted by atomic mass is 10.8. The fraction of sp³-hybridized carbons (Fsp3) is 0.250. The zero-order valence-electron chi connectivity index (χ0n) is 3.88. The fourth-order valence-electron chi connectivity index (χ4n) is 0.352. The lowest BCUT2D eigenvalue weighted by Crippen LogP contribution is -1.96. The van der Waals surface area contributed by atoms with Crippen molar-refractivity contribution in [3.63, 3.8) is 0 Å². The molecule has 43 valence electrons. The molecule has 1 aromatic heterocycles. The first-order valence-corrected chi connectivity index (χ1v) is 2.00. The Hall–Kier alpha value is -0.930. The van der Waals surface area contributed by atoms with Gasteiger partial charge in [0.1, 0.15) is 6.20 Å². The third-order valence-corrected chi connectivity index (χ3v) is 0.675. The summed E-state index contributed by atoms with van der Waals surface area (Å²) < 4.78 is 23.5. The minimum atomic E-state index is -2.54. The highest BCUT2D eigenvalue weighted by molar-refractivity contribution is 4.75. The van der Waals surface area contributed by atoms with E-state index in [1.807, 2.05) is 0 Å². The van der Waals surface area contributed by atoms with Crippen molar-refractivity contribution in [3.8, 4) is 0 Å². The number of nitrogens with zero attached hydrogens (tertiary/aromatic N) is 2. The Balaban J connectivity index is 2.77. The van der Waals surface area contributed by atoms with Crippen LogP contribution in [0, 0.1) is 6.20 Å². The highest BCUT2D eigenvalue weighted by Crippen LogP contribution is 2.04. The molecular weight excluding hydrogens is 114 g/mol. The van der Waals surface area contributed by atoms with Gasteiger partial charge in [0.2, 0.25) is 0 Å². The summed E-state index contributed by atoms with van der Waals surface area (Å²) >= 11 is 0. The summed E-state index contributed by atoms with van der Waals surface area (Å²) in [5, 5.41) is 3.16. The van der Waals surface area contributed by atoms with Crippen molar-refractivity contribution in [1.29, 1.82) is 0 Å². The van der Waals surface area contributed by atoms with Crippen molar-refractivity contribution in [2.24, 2.45) is 0 Å². The minimum absolute atomic E-state index is 0.528. The summed E-state index contributed by atoms with van der Waals surface area (Å²) in [5.41, 5.74) is 0. The van der Waals surface area contributed by atoms with E-state index in [9.17, 15) is 8.78 Å². The maximum atomic E-state index is 11.5. The third-order valence-electron chi connectivity index (χ3n) is 0.675. The van der Waals surface area contributed by atoms with Crippen molar-refractivity contribution in [2.75, 3.05) is 0 Å². The van der Waals surface area contributed by atoms with Gasteiger partial charge in [-0.15, -0.1) is 0 Å². The molecule has 0 spiro atoms. The van der Waals surface area contributed by atoms with Crippen LogP contribution in [-0.2, 0) is 0 Å². The van der Waals surface area contributed by atoms with Gasteiger partial charge in [0.25, 0.3) is 0 Å². The van der Waals surface area contributed by atoms with Crippen molar-refractivity contribution < 1.29 is 8.78 Å². The van der Waals surface area contributed by atoms with Gasteiger partial charge in [-0.25, -0.2) is 4.68 Å². The van der Waals surface area contributed by atoms with E-state index in [2.05, 4.69) is 11.3 Å². The van der Waals surface area contributed by atoms with Crippen molar-refractivity contribution in [2.45, 2.75) is 6.55 Å². The van der Waals surface area contributed by atoms with E-state index in [4.69, 9.17) is 0 Å². The van der Waals surface area contributed by atoms with Gasteiger partial charge in [0.15, 0.2) is 0 Å². The lowest BCUT2D eigenvalue weighted by molar-refractivity contribution is 0.0565. The summed E-state index contributed by atoms with van der Waals surface area (Å²) in [4.78, 5) is 0. The van der Waals surface area contributed by atoms with E-state index in [1.54, 1.807) is 0 Å². The van der Waals surface area contributed by atoms with Crippen LogP contribution < -0.4 is 0 Å². The summed E-state index contributed by atoms with van der Waals surface area (Å²) in [6, 6.07) is 1.33. The highest BCUT2D eigenvalue weighted by Gasteiger charge is 2.01. The molecule has 0 amide bonds. The fourth-order valence-corrected chi connectivity index (χ4v) is 0.352. The number of hydrogen-bond donors (Lipinski definition) is 0. The van der Waals surface area contributed by atoms with Crippen LogP contribution in [0.2, 0.25) is 0 Å². The second-order valence-corrected chi connectivity index (χ2v) is 1.20. The van der Waals surface area contributed by atoms with Gasteiger partial charge in [0, 0.05) is 6.20 Å². The average molecular weight is 117 g/mol. The molecule has 0 aromatic carbocycles. The van der Waals surface area contributed by atoms with E-state index in [0.29, 0.717) is 4.68 Å². The number of hydrogen-bond acceptors (Lipinski definition) is 1. The first-order chi connectivity index (χ1) is 3.80. The molecule has 0 fully saturated rings. The van der Waals surface area contributed by atoms with Crippen LogP contribution >= 0.6 is 0 Å². The number of alkyl halides is 2. The van der Waals surface area contributed by atoms with Gasteiger partial charge in [0.05, 0.1) is 0 Å². The van der Waals surface area contributed by atoms with Crippen LogP contribution in [-0.4, -0.2) is 9.78 Å². The molecule has 1 radical (unpaired) electrons. The standard InChI is InChI=1S/C4H3F2N2/c5-4(6)8-3-1-2-7-8/h1,3-4H. The zero-order valence-corrected chi connectivity index (χ0v) is 3.88. The largest absolute Gasteiger partial charge is 0.333 e. The first kappa shape index (κ1) is 5.21. The molecule has 1 rings (SSSR count). The summed E-state index contributed by atoms with van der Waals surface area (Å²) in [6.45, 7) is -2.54. The number of aromatic nitrogens is 2. The molecule has 0 aliphatic carbocycles. The molecule has 0 saturated heterocycles. The molecule has 0 aliphatic heterocycles. The lowest BCUT2D eigenvalue weighted by Gasteiger charge is -1.93. The van der Waals surface area contributed by atoms with Gasteiger partial charge in [-0.1, -0.05) is 0 Å². The molecule has 0 saturated carbocycles. The molecule has 8 heavy (non-hydrogen) atoms. The summed E-state index contributed by atoms with van der Waals surface area (Å²) in [7, 11) is 0. The van der Waals surface area contributed by atoms with Crippen LogP contribution in [0.4, 0.5) is 8.78 Å². The average Bonchev–Trinajstić information content (AvgIpc) is 2.12. The Bertz CT molecular complexity index is 147. The summed E-state index contributed by atoms with van der Waals surface area (Å²) in [6.07, 6.45) is 3.40. The van der Waals surface area contributed by atoms with Crippen LogP contribution in [0.3, 0.4) is 0 Å². The third kappa shape index (κ3) is 0.828. The topological polar surface area (TPSA) is 17.8 Å². The second-order valence-electron chi connectivity index (χ2n) is 1.20. The molecule has 0 aliphatic rings. The van der Waals surface area contributed by atoms with E-state index < -0.39 is 6.55 Å². The van der Waals surface area contributed by atoms with Crippen molar-refractivity contribution in [3.05, 3.63) is 18.5 Å². The van der Waals surface area contributed by atoms with Crippen molar-refractivity contribution >= 4 is 0 Å². The Kier molecular flexibility index (Phi) is 1.24. The molecule has 0 N–H and O–H groups in total. The van der Waals surface area contributed by atoms with E-state index in [1.165, 1.54) is 6.07 Å². The molecule has 4 heteroatoms. The van der Waals surface area contributed by atoms with Crippen molar-refractivity contribution in [1.82, 2.24) is 9.78 Å². The Labute approximate surface area is 44.7 Å². The van der Waals surface area contributed by atoms with Gasteiger partial charge >= 0.3 is 6.55 Å². The monoisotopic (exact) mass is 117 g/mol. The Morgan fingerprint density at radius 2 is 2.38 bits per heavy atom. The molecule has 1 heterocycles. The SMILES string of the molecule is FC(F)n1cc[c]n1. The quantitative estimate of drug-likeness (QED) is 0.538. The molecule has 2 nitrogen and oxygen atoms in total. The molecule has 0 atom stereocenters. The summed E-state index contributed by atoms with van der Waals surface area (Å²) in [5.74, 6) is 0. The number of rotatable bonds is 1. The van der Waals surface area contributed by atoms with E-state index in [0.717, 1.165) is 6.20 Å². The highest BCUT2D eigenvalue weighted by atomic mass is 19.3. The van der Waals surface area contributed by atoms with Crippen LogP contribution in [0.25, 0.3) is 0 Å². The second kappa shape index (κ2) is 1.90. The zero-order chi connectivity index (χ0) is 5.98. The van der Waals surface area contributed by atoms with Gasteiger partial charge in [-0.3, -0.25) is 0 Å². The predicted molar refractivity (Wildman–Crippen MR) is 22.3 cm³/mol. The minimum Gasteiger partial charge on any atom is -0.211 e. The molecule has 1 aromatic rings.